The van der Waals surface area contributed by atoms with Crippen LogP contribution in [0.15, 0.2) is 12.1 Å². The van der Waals surface area contributed by atoms with Gasteiger partial charge in [-0.05, 0) is 50.7 Å². The van der Waals surface area contributed by atoms with Crippen LogP contribution in [0.3, 0.4) is 0 Å². The number of hydrogen-bond donors (Lipinski definition) is 2. The summed E-state index contributed by atoms with van der Waals surface area (Å²) in [5, 5.41) is 2.20. The molecule has 2 heterocycles. The van der Waals surface area contributed by atoms with Crippen molar-refractivity contribution in [3.05, 3.63) is 23.6 Å². The first kappa shape index (κ1) is 22.4. The molecule has 0 spiro atoms. The van der Waals surface area contributed by atoms with Crippen LogP contribution in [0.4, 0.5) is 9.18 Å². The molecule has 1 aliphatic heterocycles. The lowest BCUT2D eigenvalue weighted by atomic mass is 10.2. The molecule has 1 aliphatic carbocycles. The van der Waals surface area contributed by atoms with Gasteiger partial charge in [0.05, 0.1) is 24.1 Å². The highest BCUT2D eigenvalue weighted by molar-refractivity contribution is 7.89. The van der Waals surface area contributed by atoms with Crippen molar-refractivity contribution in [2.45, 2.75) is 45.1 Å². The SMILES string of the molecule is C[C@@H](NS(=O)(=O)CCCCCN1CC(=O)NC1=O)c1ccc(F)c(OCC2CC2)n1. The number of aromatic nitrogens is 1. The summed E-state index contributed by atoms with van der Waals surface area (Å²) in [5.41, 5.74) is 0.385. The fourth-order valence-corrected chi connectivity index (χ4v) is 4.45. The minimum Gasteiger partial charge on any atom is -0.475 e. The summed E-state index contributed by atoms with van der Waals surface area (Å²) in [7, 11) is -3.56. The molecule has 0 unspecified atom stereocenters. The molecule has 9 nitrogen and oxygen atoms in total. The maximum atomic E-state index is 13.9. The highest BCUT2D eigenvalue weighted by Gasteiger charge is 2.26. The number of carbonyl (C=O) groups is 2. The van der Waals surface area contributed by atoms with Gasteiger partial charge in [-0.15, -0.1) is 0 Å². The Morgan fingerprint density at radius 3 is 2.73 bits per heavy atom. The molecule has 3 rings (SSSR count). The zero-order valence-electron chi connectivity index (χ0n) is 16.9. The third-order valence-corrected chi connectivity index (χ3v) is 6.54. The van der Waals surface area contributed by atoms with Gasteiger partial charge in [0.2, 0.25) is 15.9 Å². The highest BCUT2D eigenvalue weighted by Crippen LogP contribution is 2.30. The fourth-order valence-electron chi connectivity index (χ4n) is 3.09. The van der Waals surface area contributed by atoms with Crippen LogP contribution in [-0.4, -0.2) is 55.7 Å². The van der Waals surface area contributed by atoms with E-state index in [1.165, 1.54) is 17.0 Å². The third kappa shape index (κ3) is 6.63. The van der Waals surface area contributed by atoms with Crippen LogP contribution in [0, 0.1) is 11.7 Å². The Labute approximate surface area is 175 Å². The van der Waals surface area contributed by atoms with Crippen molar-refractivity contribution in [3.63, 3.8) is 0 Å². The summed E-state index contributed by atoms with van der Waals surface area (Å²) in [6.45, 7) is 2.52. The second-order valence-corrected chi connectivity index (χ2v) is 9.64. The van der Waals surface area contributed by atoms with E-state index < -0.39 is 27.9 Å². The fraction of sp³-hybridized carbons (Fsp3) is 0.632. The van der Waals surface area contributed by atoms with Crippen LogP contribution in [0.25, 0.3) is 0 Å². The predicted molar refractivity (Wildman–Crippen MR) is 107 cm³/mol. The Morgan fingerprint density at radius 2 is 2.07 bits per heavy atom. The molecule has 166 valence electrons. The normalized spacial score (nSPS) is 17.9. The number of pyridine rings is 1. The topological polar surface area (TPSA) is 118 Å². The van der Waals surface area contributed by atoms with Crippen molar-refractivity contribution in [2.75, 3.05) is 25.4 Å². The second-order valence-electron chi connectivity index (χ2n) is 7.77. The third-order valence-electron chi connectivity index (χ3n) is 5.00. The highest BCUT2D eigenvalue weighted by atomic mass is 32.2. The van der Waals surface area contributed by atoms with Gasteiger partial charge >= 0.3 is 6.03 Å². The van der Waals surface area contributed by atoms with Gasteiger partial charge in [0.1, 0.15) is 6.54 Å². The predicted octanol–water partition coefficient (Wildman–Crippen LogP) is 1.71. The van der Waals surface area contributed by atoms with E-state index in [-0.39, 0.29) is 24.1 Å². The molecule has 3 amide bonds. The van der Waals surface area contributed by atoms with Gasteiger partial charge < -0.3 is 9.64 Å². The molecule has 1 saturated heterocycles. The number of nitrogens with one attached hydrogen (secondary N) is 2. The Hall–Kier alpha value is -2.27. The Balaban J connectivity index is 1.42. The summed E-state index contributed by atoms with van der Waals surface area (Å²) >= 11 is 0. The maximum absolute atomic E-state index is 13.9. The van der Waals surface area contributed by atoms with Crippen molar-refractivity contribution in [2.24, 2.45) is 5.92 Å². The number of halogens is 1. The first-order valence-electron chi connectivity index (χ1n) is 10.1. The van der Waals surface area contributed by atoms with Crippen LogP contribution >= 0.6 is 0 Å². The second kappa shape index (κ2) is 9.69. The number of unbranched alkanes of at least 4 members (excludes halogenated alkanes) is 2. The lowest BCUT2D eigenvalue weighted by molar-refractivity contribution is -0.118. The molecule has 2 aliphatic rings. The van der Waals surface area contributed by atoms with Gasteiger partial charge in [-0.25, -0.2) is 27.3 Å². The molecule has 0 aromatic carbocycles. The van der Waals surface area contributed by atoms with E-state index in [9.17, 15) is 22.4 Å². The summed E-state index contributed by atoms with van der Waals surface area (Å²) < 4.78 is 46.5. The molecule has 1 atom stereocenters. The number of rotatable bonds is 12. The van der Waals surface area contributed by atoms with Crippen LogP contribution < -0.4 is 14.8 Å². The van der Waals surface area contributed by atoms with Crippen LogP contribution in [-0.2, 0) is 14.8 Å². The van der Waals surface area contributed by atoms with E-state index in [4.69, 9.17) is 4.74 Å². The van der Waals surface area contributed by atoms with Crippen LogP contribution in [0.2, 0.25) is 0 Å². The first-order chi connectivity index (χ1) is 14.2. The summed E-state index contributed by atoms with van der Waals surface area (Å²) in [5.74, 6) is -0.616. The number of hydrogen-bond acceptors (Lipinski definition) is 6. The van der Waals surface area contributed by atoms with E-state index in [2.05, 4.69) is 15.0 Å². The number of imide groups is 1. The molecule has 30 heavy (non-hydrogen) atoms. The maximum Gasteiger partial charge on any atom is 0.324 e. The van der Waals surface area contributed by atoms with Crippen molar-refractivity contribution in [1.29, 1.82) is 0 Å². The minimum atomic E-state index is -3.56. The molecular weight excluding hydrogens is 415 g/mol. The zero-order valence-corrected chi connectivity index (χ0v) is 17.7. The molecule has 2 N–H and O–H groups in total. The standard InChI is InChI=1S/C19H27FN4O5S/c1-13(16-8-7-15(20)18(21-16)29-12-14-5-6-14)23-30(27,28)10-4-2-3-9-24-11-17(25)22-19(24)26/h7-8,13-14,23H,2-6,9-12H2,1H3,(H,22,25,26)/t13-/m1/s1. The van der Waals surface area contributed by atoms with Gasteiger partial charge in [-0.3, -0.25) is 10.1 Å². The largest absolute Gasteiger partial charge is 0.475 e. The zero-order chi connectivity index (χ0) is 21.7. The molecule has 0 radical (unpaired) electrons. The van der Waals surface area contributed by atoms with E-state index >= 15 is 0 Å². The summed E-state index contributed by atoms with van der Waals surface area (Å²) in [6, 6.07) is 1.64. The molecule has 2 fully saturated rings. The lowest BCUT2D eigenvalue weighted by Gasteiger charge is -2.16. The quantitative estimate of drug-likeness (QED) is 0.376. The number of carbonyl (C=O) groups excluding carboxylic acids is 2. The van der Waals surface area contributed by atoms with Gasteiger partial charge in [0, 0.05) is 6.54 Å². The van der Waals surface area contributed by atoms with Crippen molar-refractivity contribution < 1.29 is 27.1 Å². The molecular formula is C19H27FN4O5S. The molecule has 11 heteroatoms. The van der Waals surface area contributed by atoms with Crippen LogP contribution in [0.5, 0.6) is 5.88 Å². The van der Waals surface area contributed by atoms with Gasteiger partial charge in [0.15, 0.2) is 5.82 Å². The first-order valence-corrected chi connectivity index (χ1v) is 11.8. The number of urea groups is 1. The van der Waals surface area contributed by atoms with Gasteiger partial charge in [0.25, 0.3) is 5.88 Å². The number of amides is 3. The Kier molecular flexibility index (Phi) is 7.24. The minimum absolute atomic E-state index is 0.0488. The summed E-state index contributed by atoms with van der Waals surface area (Å²) in [4.78, 5) is 28.1. The Morgan fingerprint density at radius 1 is 1.30 bits per heavy atom. The van der Waals surface area contributed by atoms with Crippen molar-refractivity contribution >= 4 is 22.0 Å². The molecule has 1 aromatic rings. The molecule has 1 aromatic heterocycles. The summed E-state index contributed by atoms with van der Waals surface area (Å²) in [6.07, 6.45) is 3.76. The average molecular weight is 443 g/mol. The van der Waals surface area contributed by atoms with Crippen molar-refractivity contribution in [1.82, 2.24) is 19.9 Å². The molecule has 0 bridgehead atoms. The van der Waals surface area contributed by atoms with Gasteiger partial charge in [-0.1, -0.05) is 6.42 Å². The van der Waals surface area contributed by atoms with E-state index in [1.54, 1.807) is 6.92 Å². The van der Waals surface area contributed by atoms with E-state index in [0.29, 0.717) is 44.0 Å². The molecule has 1 saturated carbocycles. The monoisotopic (exact) mass is 442 g/mol. The van der Waals surface area contributed by atoms with Gasteiger partial charge in [-0.2, -0.15) is 0 Å². The number of sulfonamides is 1. The van der Waals surface area contributed by atoms with E-state index in [0.717, 1.165) is 12.8 Å². The number of ether oxygens (including phenoxy) is 1. The van der Waals surface area contributed by atoms with Crippen molar-refractivity contribution in [3.8, 4) is 5.88 Å². The number of nitrogens with zero attached hydrogens (tertiary/aromatic N) is 2. The van der Waals surface area contributed by atoms with Crippen LogP contribution in [0.1, 0.15) is 50.8 Å². The smallest absolute Gasteiger partial charge is 0.324 e. The average Bonchev–Trinajstić information content (AvgIpc) is 3.44. The van der Waals surface area contributed by atoms with E-state index in [1.807, 2.05) is 0 Å². The lowest BCUT2D eigenvalue weighted by Crippen LogP contribution is -2.30. The Bertz CT molecular complexity index is 891.